The molecule has 39 heavy (non-hydrogen) atoms. The van der Waals surface area contributed by atoms with Gasteiger partial charge in [0.2, 0.25) is 5.95 Å². The van der Waals surface area contributed by atoms with Crippen LogP contribution in [0.1, 0.15) is 44.6 Å². The Bertz CT molecular complexity index is 1300. The van der Waals surface area contributed by atoms with Gasteiger partial charge in [-0.3, -0.25) is 4.98 Å². The summed E-state index contributed by atoms with van der Waals surface area (Å²) in [5, 5.41) is 3.11. The Morgan fingerprint density at radius 2 is 2.05 bits per heavy atom. The van der Waals surface area contributed by atoms with Crippen LogP contribution in [-0.4, -0.2) is 45.8 Å². The molecule has 2 aliphatic rings. The van der Waals surface area contributed by atoms with Gasteiger partial charge in [-0.15, -0.1) is 0 Å². The first-order chi connectivity index (χ1) is 18.7. The predicted molar refractivity (Wildman–Crippen MR) is 145 cm³/mol. The van der Waals surface area contributed by atoms with E-state index in [0.29, 0.717) is 35.8 Å². The van der Waals surface area contributed by atoms with Crippen LogP contribution in [-0.2, 0) is 11.2 Å². The Hall–Kier alpha value is -3.69. The second-order valence-corrected chi connectivity index (χ2v) is 10.5. The summed E-state index contributed by atoms with van der Waals surface area (Å²) in [5.41, 5.74) is 1.78. The van der Waals surface area contributed by atoms with Crippen LogP contribution in [0.15, 0.2) is 61.3 Å². The van der Waals surface area contributed by atoms with E-state index in [9.17, 15) is 13.2 Å². The molecule has 0 aromatic carbocycles. The molecule has 2 unspecified atom stereocenters. The Morgan fingerprint density at radius 3 is 2.82 bits per heavy atom. The Kier molecular flexibility index (Phi) is 7.72. The van der Waals surface area contributed by atoms with Crippen molar-refractivity contribution in [2.45, 2.75) is 51.6 Å². The third-order valence-electron chi connectivity index (χ3n) is 7.60. The first-order valence-electron chi connectivity index (χ1n) is 13.4. The van der Waals surface area contributed by atoms with Crippen molar-refractivity contribution in [3.63, 3.8) is 0 Å². The molecule has 7 nitrogen and oxygen atoms in total. The van der Waals surface area contributed by atoms with E-state index >= 15 is 0 Å². The van der Waals surface area contributed by atoms with Gasteiger partial charge in [-0.2, -0.15) is 18.2 Å². The number of aromatic nitrogens is 4. The van der Waals surface area contributed by atoms with E-state index < -0.39 is 12.6 Å². The highest BCUT2D eigenvalue weighted by atomic mass is 19.4. The van der Waals surface area contributed by atoms with Gasteiger partial charge in [0.15, 0.2) is 0 Å². The zero-order valence-electron chi connectivity index (χ0n) is 22.0. The third-order valence-corrected chi connectivity index (χ3v) is 7.60. The quantitative estimate of drug-likeness (QED) is 0.319. The smallest absolute Gasteiger partial charge is 0.393 e. The second-order valence-electron chi connectivity index (χ2n) is 10.5. The van der Waals surface area contributed by atoms with Crippen molar-refractivity contribution < 1.29 is 17.9 Å². The van der Waals surface area contributed by atoms with E-state index in [1.807, 2.05) is 19.1 Å². The molecular weight excluding hydrogens is 505 g/mol. The van der Waals surface area contributed by atoms with Gasteiger partial charge < -0.3 is 15.0 Å². The van der Waals surface area contributed by atoms with E-state index in [2.05, 4.69) is 26.8 Å². The lowest BCUT2D eigenvalue weighted by molar-refractivity contribution is -0.127. The van der Waals surface area contributed by atoms with E-state index in [-0.39, 0.29) is 11.0 Å². The molecule has 1 aliphatic heterocycles. The Morgan fingerprint density at radius 1 is 1.18 bits per heavy atom. The number of alkyl halides is 3. The average Bonchev–Trinajstić information content (AvgIpc) is 3.31. The lowest BCUT2D eigenvalue weighted by Gasteiger charge is -2.38. The van der Waals surface area contributed by atoms with Crippen molar-refractivity contribution in [2.24, 2.45) is 11.3 Å². The zero-order chi connectivity index (χ0) is 27.5. The Labute approximate surface area is 226 Å². The van der Waals surface area contributed by atoms with Crippen molar-refractivity contribution in [1.82, 2.24) is 19.9 Å². The van der Waals surface area contributed by atoms with Crippen LogP contribution >= 0.6 is 0 Å². The Balaban J connectivity index is 1.41. The van der Waals surface area contributed by atoms with Crippen molar-refractivity contribution in [3.8, 4) is 11.3 Å². The summed E-state index contributed by atoms with van der Waals surface area (Å²) >= 11 is 0. The first kappa shape index (κ1) is 26.9. The minimum absolute atomic E-state index is 0.128. The largest absolute Gasteiger partial charge is 0.499 e. The van der Waals surface area contributed by atoms with Crippen LogP contribution in [0.25, 0.3) is 11.3 Å². The van der Waals surface area contributed by atoms with E-state index in [0.717, 1.165) is 56.5 Å². The maximum Gasteiger partial charge on any atom is 0.393 e. The van der Waals surface area contributed by atoms with Crippen LogP contribution in [0, 0.1) is 11.3 Å². The number of hydrogen-bond acceptors (Lipinski definition) is 7. The molecule has 1 saturated carbocycles. The van der Waals surface area contributed by atoms with Gasteiger partial charge in [0.1, 0.15) is 11.6 Å². The molecular formula is C29H33F3N6O. The first-order valence-corrected chi connectivity index (χ1v) is 13.4. The van der Waals surface area contributed by atoms with Gasteiger partial charge in [-0.25, -0.2) is 9.97 Å². The lowest BCUT2D eigenvalue weighted by atomic mass is 9.68. The van der Waals surface area contributed by atoms with E-state index in [4.69, 9.17) is 14.7 Å². The normalized spacial score (nSPS) is 21.2. The van der Waals surface area contributed by atoms with Crippen molar-refractivity contribution in [1.29, 1.82) is 0 Å². The summed E-state index contributed by atoms with van der Waals surface area (Å²) in [7, 11) is 0. The molecule has 0 bridgehead atoms. The van der Waals surface area contributed by atoms with Crippen molar-refractivity contribution in [3.05, 3.63) is 66.8 Å². The average molecular weight is 539 g/mol. The number of nitrogens with zero attached hydrogens (tertiary/aromatic N) is 5. The van der Waals surface area contributed by atoms with Crippen LogP contribution in [0.3, 0.4) is 0 Å². The molecule has 10 heteroatoms. The summed E-state index contributed by atoms with van der Waals surface area (Å²) in [4.78, 5) is 20.3. The minimum Gasteiger partial charge on any atom is -0.499 e. The molecule has 1 N–H and O–H groups in total. The molecule has 4 heterocycles. The summed E-state index contributed by atoms with van der Waals surface area (Å²) in [6, 6.07) is 8.29. The van der Waals surface area contributed by atoms with E-state index in [1.54, 1.807) is 18.5 Å². The van der Waals surface area contributed by atoms with Gasteiger partial charge >= 0.3 is 6.18 Å². The highest BCUT2D eigenvalue weighted by molar-refractivity contribution is 5.66. The van der Waals surface area contributed by atoms with Crippen molar-refractivity contribution >= 4 is 17.6 Å². The molecule has 0 radical (unpaired) electrons. The number of nitrogens with one attached hydrogen (secondary N) is 1. The van der Waals surface area contributed by atoms with Gasteiger partial charge in [-0.05, 0) is 67.9 Å². The van der Waals surface area contributed by atoms with Gasteiger partial charge in [0.25, 0.3) is 0 Å². The number of allylic oxidation sites excluding steroid dienone is 1. The number of halogens is 3. The second kappa shape index (κ2) is 11.2. The lowest BCUT2D eigenvalue weighted by Crippen LogP contribution is -2.33. The fourth-order valence-electron chi connectivity index (χ4n) is 5.82. The maximum absolute atomic E-state index is 12.9. The molecule has 5 rings (SSSR count). The minimum atomic E-state index is -4.30. The van der Waals surface area contributed by atoms with Crippen LogP contribution < -0.4 is 10.2 Å². The highest BCUT2D eigenvalue weighted by Crippen LogP contribution is 2.48. The van der Waals surface area contributed by atoms with Gasteiger partial charge in [0, 0.05) is 49.2 Å². The monoisotopic (exact) mass is 538 g/mol. The molecule has 1 spiro atoms. The SMILES string of the molecule is C=C(OCC)C1CCCC2(CCN(c3nc(Nc4cc(CC(F)(F)F)ccn4)cc(-c4cccnc4)n3)C2)C1. The maximum atomic E-state index is 12.9. The molecule has 1 aliphatic carbocycles. The fraction of sp³-hybridized carbons (Fsp3) is 0.448. The van der Waals surface area contributed by atoms with Crippen LogP contribution in [0.4, 0.5) is 30.8 Å². The molecule has 2 atom stereocenters. The standard InChI is InChI=1S/C29H33F3N6O/c1-3-39-20(2)22-6-4-9-28(17-22)10-13-38(19-28)27-35-24(23-7-5-11-33-18-23)15-26(37-27)36-25-14-21(8-12-34-25)16-29(30,31)32/h5,7-8,11-12,14-15,18,22H,2-4,6,9-10,13,16-17,19H2,1H3,(H,34,35,36,37). The summed E-state index contributed by atoms with van der Waals surface area (Å²) in [6.07, 6.45) is 4.92. The number of ether oxygens (including phenoxy) is 1. The molecule has 0 amide bonds. The van der Waals surface area contributed by atoms with E-state index in [1.165, 1.54) is 18.3 Å². The molecule has 2 fully saturated rings. The molecule has 3 aromatic heterocycles. The van der Waals surface area contributed by atoms with Gasteiger partial charge in [0.05, 0.1) is 24.5 Å². The number of rotatable bonds is 8. The molecule has 3 aromatic rings. The topological polar surface area (TPSA) is 76.1 Å². The van der Waals surface area contributed by atoms with Crippen molar-refractivity contribution in [2.75, 3.05) is 29.9 Å². The number of anilines is 3. The highest BCUT2D eigenvalue weighted by Gasteiger charge is 2.43. The number of hydrogen-bond donors (Lipinski definition) is 1. The summed E-state index contributed by atoms with van der Waals surface area (Å²) < 4.78 is 44.6. The zero-order valence-corrected chi connectivity index (χ0v) is 22.0. The van der Waals surface area contributed by atoms with Crippen LogP contribution in [0.5, 0.6) is 0 Å². The predicted octanol–water partition coefficient (Wildman–Crippen LogP) is 6.72. The molecule has 1 saturated heterocycles. The summed E-state index contributed by atoms with van der Waals surface area (Å²) in [6.45, 7) is 8.45. The number of pyridine rings is 2. The van der Waals surface area contributed by atoms with Gasteiger partial charge in [-0.1, -0.05) is 13.0 Å². The van der Waals surface area contributed by atoms with Crippen LogP contribution in [0.2, 0.25) is 0 Å². The fourth-order valence-corrected chi connectivity index (χ4v) is 5.82. The molecule has 206 valence electrons. The third kappa shape index (κ3) is 6.66. The summed E-state index contributed by atoms with van der Waals surface area (Å²) in [5.74, 6) is 2.57.